The lowest BCUT2D eigenvalue weighted by Gasteiger charge is -2.11. The van der Waals surface area contributed by atoms with Gasteiger partial charge >= 0.3 is 0 Å². The van der Waals surface area contributed by atoms with Crippen molar-refractivity contribution < 1.29 is 17.6 Å². The number of carbonyl (C=O) groups is 1. The summed E-state index contributed by atoms with van der Waals surface area (Å²) >= 11 is 1.56. The fourth-order valence-corrected chi connectivity index (χ4v) is 4.26. The third-order valence-corrected chi connectivity index (χ3v) is 5.77. The number of sulfonamides is 1. The van der Waals surface area contributed by atoms with Gasteiger partial charge in [-0.3, -0.25) is 4.79 Å². The largest absolute Gasteiger partial charge is 0.347 e. The van der Waals surface area contributed by atoms with Gasteiger partial charge in [0.15, 0.2) is 0 Å². The Morgan fingerprint density at radius 2 is 1.96 bits per heavy atom. The topological polar surface area (TPSA) is 75.3 Å². The number of thiophene rings is 1. The zero-order valence-corrected chi connectivity index (χ0v) is 15.2. The minimum absolute atomic E-state index is 0.0915. The van der Waals surface area contributed by atoms with Crippen LogP contribution >= 0.6 is 11.3 Å². The lowest BCUT2D eigenvalue weighted by atomic mass is 10.2. The number of hydrogen-bond donors (Lipinski definition) is 2. The molecule has 24 heavy (non-hydrogen) atoms. The van der Waals surface area contributed by atoms with Crippen LogP contribution in [-0.4, -0.2) is 20.4 Å². The molecule has 0 saturated carbocycles. The first-order valence-electron chi connectivity index (χ1n) is 7.34. The normalized spacial score (nSPS) is 11.7. The predicted molar refractivity (Wildman–Crippen MR) is 92.1 cm³/mol. The summed E-state index contributed by atoms with van der Waals surface area (Å²) < 4.78 is 40.5. The summed E-state index contributed by atoms with van der Waals surface area (Å²) in [6, 6.07) is 6.78. The van der Waals surface area contributed by atoms with Crippen LogP contribution in [0.5, 0.6) is 0 Å². The van der Waals surface area contributed by atoms with Gasteiger partial charge < -0.3 is 5.32 Å². The first-order valence-corrected chi connectivity index (χ1v) is 9.64. The van der Waals surface area contributed by atoms with E-state index in [0.29, 0.717) is 6.54 Å². The molecule has 5 nitrogen and oxygen atoms in total. The van der Waals surface area contributed by atoms with Gasteiger partial charge in [0.05, 0.1) is 6.54 Å². The second-order valence-electron chi connectivity index (χ2n) is 5.62. The molecule has 1 amide bonds. The molecule has 0 aliphatic carbocycles. The van der Waals surface area contributed by atoms with Gasteiger partial charge in [0.1, 0.15) is 10.7 Å². The number of nitrogens with one attached hydrogen (secondary N) is 2. The number of halogens is 1. The summed E-state index contributed by atoms with van der Waals surface area (Å²) in [5.74, 6) is -1.35. The van der Waals surface area contributed by atoms with Crippen molar-refractivity contribution in [2.24, 2.45) is 0 Å². The number of hydrogen-bond acceptors (Lipinski definition) is 4. The molecule has 1 heterocycles. The summed E-state index contributed by atoms with van der Waals surface area (Å²) in [5.41, 5.74) is 0.0915. The van der Waals surface area contributed by atoms with E-state index in [1.165, 1.54) is 6.07 Å². The molecule has 1 aromatic carbocycles. The number of carbonyl (C=O) groups excluding carboxylic acids is 1. The van der Waals surface area contributed by atoms with Crippen LogP contribution < -0.4 is 10.0 Å². The Balaban J connectivity index is 2.19. The van der Waals surface area contributed by atoms with Crippen LogP contribution in [0.4, 0.5) is 4.39 Å². The number of rotatable bonds is 6. The molecule has 2 aromatic rings. The van der Waals surface area contributed by atoms with Crippen molar-refractivity contribution in [2.75, 3.05) is 0 Å². The van der Waals surface area contributed by atoms with Gasteiger partial charge in [-0.15, -0.1) is 11.3 Å². The van der Waals surface area contributed by atoms with Crippen LogP contribution in [0.2, 0.25) is 0 Å². The van der Waals surface area contributed by atoms with Gasteiger partial charge in [0.25, 0.3) is 5.91 Å². The molecular formula is C16H19FN2O3S2. The van der Waals surface area contributed by atoms with E-state index in [0.717, 1.165) is 21.9 Å². The number of amides is 1. The number of benzene rings is 1. The molecule has 0 bridgehead atoms. The van der Waals surface area contributed by atoms with Crippen molar-refractivity contribution >= 4 is 27.3 Å². The average molecular weight is 370 g/mol. The molecule has 130 valence electrons. The molecule has 0 saturated heterocycles. The molecule has 0 atom stereocenters. The third kappa shape index (κ3) is 4.62. The Morgan fingerprint density at radius 3 is 2.54 bits per heavy atom. The van der Waals surface area contributed by atoms with E-state index >= 15 is 0 Å². The second kappa shape index (κ2) is 7.42. The minimum Gasteiger partial charge on any atom is -0.347 e. The first kappa shape index (κ1) is 18.6. The zero-order chi connectivity index (χ0) is 17.9. The van der Waals surface area contributed by atoms with E-state index in [1.54, 1.807) is 25.2 Å². The van der Waals surface area contributed by atoms with Gasteiger partial charge in [-0.2, -0.15) is 0 Å². The lowest BCUT2D eigenvalue weighted by Crippen LogP contribution is -2.31. The Bertz CT molecular complexity index is 845. The van der Waals surface area contributed by atoms with Crippen molar-refractivity contribution in [2.45, 2.75) is 38.3 Å². The maximum atomic E-state index is 13.9. The zero-order valence-electron chi connectivity index (χ0n) is 13.6. The SMILES string of the molecule is Cc1ccc(CNC(=O)c2ccc(F)c(S(=O)(=O)NC(C)C)c2)s1. The van der Waals surface area contributed by atoms with Crippen LogP contribution in [0.1, 0.15) is 34.0 Å². The summed E-state index contributed by atoms with van der Waals surface area (Å²) in [7, 11) is -4.01. The monoisotopic (exact) mass is 370 g/mol. The fourth-order valence-electron chi connectivity index (χ4n) is 2.07. The molecule has 8 heteroatoms. The summed E-state index contributed by atoms with van der Waals surface area (Å²) in [4.78, 5) is 13.8. The molecule has 2 N–H and O–H groups in total. The summed E-state index contributed by atoms with van der Waals surface area (Å²) in [6.07, 6.45) is 0. The van der Waals surface area contributed by atoms with Crippen molar-refractivity contribution in [1.29, 1.82) is 0 Å². The predicted octanol–water partition coefficient (Wildman–Crippen LogP) is 2.81. The van der Waals surface area contributed by atoms with Gasteiger partial charge in [0.2, 0.25) is 10.0 Å². The average Bonchev–Trinajstić information content (AvgIpc) is 2.89. The van der Waals surface area contributed by atoms with E-state index in [-0.39, 0.29) is 11.6 Å². The Labute approximate surface area is 145 Å². The highest BCUT2D eigenvalue weighted by Crippen LogP contribution is 2.18. The molecule has 1 aromatic heterocycles. The quantitative estimate of drug-likeness (QED) is 0.821. The standard InChI is InChI=1S/C16H19FN2O3S2/c1-10(2)19-24(21,22)15-8-12(5-7-14(15)17)16(20)18-9-13-6-4-11(3)23-13/h4-8,10,19H,9H2,1-3H3,(H,18,20). The molecule has 0 unspecified atom stereocenters. The Kier molecular flexibility index (Phi) is 5.74. The summed E-state index contributed by atoms with van der Waals surface area (Å²) in [5, 5.41) is 2.70. The van der Waals surface area contributed by atoms with Crippen LogP contribution in [0.15, 0.2) is 35.2 Å². The van der Waals surface area contributed by atoms with E-state index in [9.17, 15) is 17.6 Å². The Morgan fingerprint density at radius 1 is 1.25 bits per heavy atom. The molecule has 0 aliphatic rings. The fraction of sp³-hybridized carbons (Fsp3) is 0.312. The minimum atomic E-state index is -4.01. The molecule has 0 radical (unpaired) electrons. The molecule has 0 fully saturated rings. The molecule has 0 aliphatic heterocycles. The molecular weight excluding hydrogens is 351 g/mol. The number of aryl methyl sites for hydroxylation is 1. The first-order chi connectivity index (χ1) is 11.2. The van der Waals surface area contributed by atoms with Crippen LogP contribution in [0.3, 0.4) is 0 Å². The van der Waals surface area contributed by atoms with Gasteiger partial charge in [-0.1, -0.05) is 0 Å². The highest BCUT2D eigenvalue weighted by molar-refractivity contribution is 7.89. The van der Waals surface area contributed by atoms with Crippen LogP contribution in [-0.2, 0) is 16.6 Å². The van der Waals surface area contributed by atoms with Crippen molar-refractivity contribution in [1.82, 2.24) is 10.0 Å². The summed E-state index contributed by atoms with van der Waals surface area (Å²) in [6.45, 7) is 5.57. The second-order valence-corrected chi connectivity index (χ2v) is 8.67. The van der Waals surface area contributed by atoms with E-state index in [2.05, 4.69) is 10.0 Å². The highest BCUT2D eigenvalue weighted by Gasteiger charge is 2.22. The lowest BCUT2D eigenvalue weighted by molar-refractivity contribution is 0.0951. The van der Waals surface area contributed by atoms with Gasteiger partial charge in [-0.25, -0.2) is 17.5 Å². The van der Waals surface area contributed by atoms with Crippen molar-refractivity contribution in [3.63, 3.8) is 0 Å². The van der Waals surface area contributed by atoms with Crippen molar-refractivity contribution in [3.05, 3.63) is 51.5 Å². The Hall–Kier alpha value is -1.77. The van der Waals surface area contributed by atoms with Crippen molar-refractivity contribution in [3.8, 4) is 0 Å². The maximum absolute atomic E-state index is 13.9. The molecule has 0 spiro atoms. The van der Waals surface area contributed by atoms with Crippen LogP contribution in [0, 0.1) is 12.7 Å². The highest BCUT2D eigenvalue weighted by atomic mass is 32.2. The van der Waals surface area contributed by atoms with E-state index in [4.69, 9.17) is 0 Å². The maximum Gasteiger partial charge on any atom is 0.251 e. The molecule has 2 rings (SSSR count). The van der Waals surface area contributed by atoms with E-state index in [1.807, 2.05) is 19.1 Å². The van der Waals surface area contributed by atoms with Gasteiger partial charge in [0, 0.05) is 21.4 Å². The van der Waals surface area contributed by atoms with Crippen LogP contribution in [0.25, 0.3) is 0 Å². The smallest absolute Gasteiger partial charge is 0.251 e. The van der Waals surface area contributed by atoms with E-state index < -0.39 is 26.6 Å². The van der Waals surface area contributed by atoms with Gasteiger partial charge in [-0.05, 0) is 51.1 Å². The third-order valence-electron chi connectivity index (χ3n) is 3.09.